The normalized spacial score (nSPS) is 22.2. The Labute approximate surface area is 271 Å². The summed E-state index contributed by atoms with van der Waals surface area (Å²) >= 11 is 0. The standard InChI is InChI=1S/C46H38/c1-45(2)39-11-6-5-10-34(39)35-20-16-30(24-40(35)45)31-17-21-36-37-22-18-32(26-42(37)46(3,4)41(36)25-31)33-19-14-29-13-12-27-8-7-9-28-15-23-38(33)44(29)43(27)28/h5-24,41-42H,25-26H2,1-4H3. The van der Waals surface area contributed by atoms with E-state index in [-0.39, 0.29) is 10.8 Å². The van der Waals surface area contributed by atoms with Gasteiger partial charge in [0, 0.05) is 5.41 Å². The third-order valence-electron chi connectivity index (χ3n) is 12.5. The average molecular weight is 591 g/mol. The Morgan fingerprint density at radius 3 is 1.89 bits per heavy atom. The van der Waals surface area contributed by atoms with Gasteiger partial charge in [0.1, 0.15) is 0 Å². The first kappa shape index (κ1) is 26.5. The van der Waals surface area contributed by atoms with Gasteiger partial charge < -0.3 is 0 Å². The van der Waals surface area contributed by atoms with Gasteiger partial charge in [0.25, 0.3) is 0 Å². The third-order valence-corrected chi connectivity index (χ3v) is 12.5. The van der Waals surface area contributed by atoms with Gasteiger partial charge in [0.2, 0.25) is 0 Å². The van der Waals surface area contributed by atoms with E-state index in [2.05, 4.69) is 149 Å². The molecule has 0 heteroatoms. The molecule has 1 saturated carbocycles. The van der Waals surface area contributed by atoms with Gasteiger partial charge in [-0.3, -0.25) is 0 Å². The van der Waals surface area contributed by atoms with Gasteiger partial charge in [-0.15, -0.1) is 0 Å². The second kappa shape index (κ2) is 8.98. The Balaban J connectivity index is 1.03. The van der Waals surface area contributed by atoms with E-state index < -0.39 is 0 Å². The van der Waals surface area contributed by atoms with Crippen molar-refractivity contribution in [3.05, 3.63) is 155 Å². The molecule has 0 aromatic heterocycles. The van der Waals surface area contributed by atoms with Crippen molar-refractivity contribution >= 4 is 43.5 Å². The molecule has 4 aliphatic carbocycles. The van der Waals surface area contributed by atoms with Gasteiger partial charge >= 0.3 is 0 Å². The van der Waals surface area contributed by atoms with Crippen molar-refractivity contribution in [1.82, 2.24) is 0 Å². The second-order valence-electron chi connectivity index (χ2n) is 15.4. The molecule has 0 bridgehead atoms. The van der Waals surface area contributed by atoms with Crippen LogP contribution in [0.4, 0.5) is 0 Å². The van der Waals surface area contributed by atoms with Crippen LogP contribution in [0.15, 0.2) is 133 Å². The summed E-state index contributed by atoms with van der Waals surface area (Å²) in [7, 11) is 0. The lowest BCUT2D eigenvalue weighted by Gasteiger charge is -2.35. The number of fused-ring (bicyclic) bond motifs is 6. The highest BCUT2D eigenvalue weighted by molar-refractivity contribution is 6.24. The molecule has 2 unspecified atom stereocenters. The van der Waals surface area contributed by atoms with Gasteiger partial charge in [0.05, 0.1) is 0 Å². The molecule has 0 amide bonds. The van der Waals surface area contributed by atoms with Crippen molar-refractivity contribution < 1.29 is 0 Å². The maximum absolute atomic E-state index is 2.54. The SMILES string of the molecule is CC1(C)c2ccccc2-c2ccc(C3=CC=C4C5=CC=C(c6ccc7ccc8cccc9ccc6c7c89)CC5C(C)(C)C4C3)cc21. The van der Waals surface area contributed by atoms with Crippen molar-refractivity contribution in [2.75, 3.05) is 0 Å². The number of benzene rings is 6. The van der Waals surface area contributed by atoms with Gasteiger partial charge in [0.15, 0.2) is 0 Å². The van der Waals surface area contributed by atoms with E-state index in [1.54, 1.807) is 11.1 Å². The van der Waals surface area contributed by atoms with Crippen molar-refractivity contribution in [2.45, 2.75) is 46.0 Å². The van der Waals surface area contributed by atoms with Crippen LogP contribution in [-0.2, 0) is 5.41 Å². The summed E-state index contributed by atoms with van der Waals surface area (Å²) in [4.78, 5) is 0. The zero-order chi connectivity index (χ0) is 30.9. The Bertz CT molecular complexity index is 2400. The number of allylic oxidation sites excluding steroid dienone is 8. The predicted molar refractivity (Wildman–Crippen MR) is 196 cm³/mol. The molecular formula is C46H38. The van der Waals surface area contributed by atoms with Crippen molar-refractivity contribution in [3.8, 4) is 11.1 Å². The minimum absolute atomic E-state index is 0.0255. The van der Waals surface area contributed by atoms with Gasteiger partial charge in [-0.2, -0.15) is 0 Å². The fraction of sp³-hybridized carbons (Fsp3) is 0.217. The second-order valence-corrected chi connectivity index (χ2v) is 15.4. The van der Waals surface area contributed by atoms with E-state index in [4.69, 9.17) is 0 Å². The highest BCUT2D eigenvalue weighted by atomic mass is 14.5. The van der Waals surface area contributed by atoms with Crippen molar-refractivity contribution in [3.63, 3.8) is 0 Å². The zero-order valence-corrected chi connectivity index (χ0v) is 27.1. The number of rotatable bonds is 2. The van der Waals surface area contributed by atoms with E-state index in [0.717, 1.165) is 12.8 Å². The highest BCUT2D eigenvalue weighted by Gasteiger charge is 2.50. The number of hydrogen-bond acceptors (Lipinski definition) is 0. The Hall–Kier alpha value is -4.68. The van der Waals surface area contributed by atoms with E-state index in [9.17, 15) is 0 Å². The summed E-state index contributed by atoms with van der Waals surface area (Å²) in [6.07, 6.45) is 12.0. The van der Waals surface area contributed by atoms with Gasteiger partial charge in [-0.25, -0.2) is 0 Å². The number of hydrogen-bond donors (Lipinski definition) is 0. The first-order valence-electron chi connectivity index (χ1n) is 17.0. The summed E-state index contributed by atoms with van der Waals surface area (Å²) in [5.41, 5.74) is 14.8. The van der Waals surface area contributed by atoms with E-state index in [1.807, 2.05) is 0 Å². The molecule has 0 saturated heterocycles. The molecule has 0 nitrogen and oxygen atoms in total. The quantitative estimate of drug-likeness (QED) is 0.176. The average Bonchev–Trinajstić information content (AvgIpc) is 3.46. The van der Waals surface area contributed by atoms with Crippen LogP contribution >= 0.6 is 0 Å². The van der Waals surface area contributed by atoms with Crippen LogP contribution in [0.1, 0.15) is 62.8 Å². The maximum Gasteiger partial charge on any atom is 0.0159 e. The largest absolute Gasteiger partial charge is 0.0619 e. The molecule has 4 aliphatic rings. The van der Waals surface area contributed by atoms with E-state index >= 15 is 0 Å². The minimum Gasteiger partial charge on any atom is -0.0619 e. The smallest absolute Gasteiger partial charge is 0.0159 e. The Morgan fingerprint density at radius 1 is 0.500 bits per heavy atom. The Morgan fingerprint density at radius 2 is 1.11 bits per heavy atom. The van der Waals surface area contributed by atoms with Crippen molar-refractivity contribution in [1.29, 1.82) is 0 Å². The summed E-state index contributed by atoms with van der Waals surface area (Å²) in [5.74, 6) is 1.04. The molecule has 6 aromatic carbocycles. The molecule has 0 N–H and O–H groups in total. The molecule has 0 radical (unpaired) electrons. The zero-order valence-electron chi connectivity index (χ0n) is 27.1. The van der Waals surface area contributed by atoms with E-state index in [0.29, 0.717) is 11.8 Å². The van der Waals surface area contributed by atoms with Crippen LogP contribution in [0.3, 0.4) is 0 Å². The first-order valence-corrected chi connectivity index (χ1v) is 17.0. The maximum atomic E-state index is 2.54. The monoisotopic (exact) mass is 590 g/mol. The fourth-order valence-electron chi connectivity index (χ4n) is 9.91. The minimum atomic E-state index is 0.0255. The first-order chi connectivity index (χ1) is 22.3. The fourth-order valence-corrected chi connectivity index (χ4v) is 9.91. The van der Waals surface area contributed by atoms with E-state index in [1.165, 1.54) is 76.8 Å². The van der Waals surface area contributed by atoms with Crippen LogP contribution in [-0.4, -0.2) is 0 Å². The van der Waals surface area contributed by atoms with Crippen LogP contribution in [0.2, 0.25) is 0 Å². The topological polar surface area (TPSA) is 0 Å². The molecule has 2 atom stereocenters. The van der Waals surface area contributed by atoms with Crippen LogP contribution in [0, 0.1) is 17.3 Å². The molecule has 10 rings (SSSR count). The van der Waals surface area contributed by atoms with Crippen LogP contribution in [0.25, 0.3) is 54.6 Å². The molecule has 0 aliphatic heterocycles. The third kappa shape index (κ3) is 3.40. The summed E-state index contributed by atoms with van der Waals surface area (Å²) in [6.45, 7) is 9.85. The van der Waals surface area contributed by atoms with Gasteiger partial charge in [-0.05, 0) is 124 Å². The molecule has 0 heterocycles. The molecular weight excluding hydrogens is 553 g/mol. The molecule has 6 aromatic rings. The van der Waals surface area contributed by atoms with Crippen LogP contribution < -0.4 is 0 Å². The lowest BCUT2D eigenvalue weighted by atomic mass is 9.68. The lowest BCUT2D eigenvalue weighted by molar-refractivity contribution is 0.212. The summed E-state index contributed by atoms with van der Waals surface area (Å²) < 4.78 is 0. The summed E-state index contributed by atoms with van der Waals surface area (Å²) in [6, 6.07) is 36.9. The highest BCUT2D eigenvalue weighted by Crippen LogP contribution is 2.61. The van der Waals surface area contributed by atoms with Gasteiger partial charge in [-0.1, -0.05) is 143 Å². The molecule has 46 heavy (non-hydrogen) atoms. The van der Waals surface area contributed by atoms with Crippen LogP contribution in [0.5, 0.6) is 0 Å². The summed E-state index contributed by atoms with van der Waals surface area (Å²) in [5, 5.41) is 8.22. The molecule has 0 spiro atoms. The van der Waals surface area contributed by atoms with Crippen molar-refractivity contribution in [2.24, 2.45) is 17.3 Å². The predicted octanol–water partition coefficient (Wildman–Crippen LogP) is 12.3. The Kier molecular flexibility index (Phi) is 5.18. The molecule has 222 valence electrons. The lowest BCUT2D eigenvalue weighted by Crippen LogP contribution is -2.27. The molecule has 1 fully saturated rings.